The second-order valence-electron chi connectivity index (χ2n) is 4.16. The SMILES string of the molecule is CCC(C)(CC(=O)O)NCc1ccccn1. The minimum atomic E-state index is -0.780. The topological polar surface area (TPSA) is 62.2 Å². The fraction of sp³-hybridized carbons (Fsp3) is 0.500. The molecule has 0 radical (unpaired) electrons. The number of rotatable bonds is 6. The van der Waals surface area contributed by atoms with Gasteiger partial charge in [0.15, 0.2) is 0 Å². The van der Waals surface area contributed by atoms with Crippen molar-refractivity contribution < 1.29 is 9.90 Å². The van der Waals surface area contributed by atoms with Crippen LogP contribution in [0.5, 0.6) is 0 Å². The molecule has 0 saturated heterocycles. The minimum Gasteiger partial charge on any atom is -0.481 e. The molecular weight excluding hydrogens is 204 g/mol. The van der Waals surface area contributed by atoms with E-state index in [2.05, 4.69) is 10.3 Å². The van der Waals surface area contributed by atoms with Crippen molar-refractivity contribution in [2.45, 2.75) is 38.8 Å². The predicted molar refractivity (Wildman–Crippen MR) is 62.0 cm³/mol. The van der Waals surface area contributed by atoms with Crippen molar-refractivity contribution in [3.63, 3.8) is 0 Å². The Hall–Kier alpha value is -1.42. The van der Waals surface area contributed by atoms with Crippen LogP contribution in [-0.4, -0.2) is 21.6 Å². The monoisotopic (exact) mass is 222 g/mol. The lowest BCUT2D eigenvalue weighted by Crippen LogP contribution is -2.43. The van der Waals surface area contributed by atoms with Crippen LogP contribution in [0.2, 0.25) is 0 Å². The Morgan fingerprint density at radius 2 is 2.31 bits per heavy atom. The third-order valence-electron chi connectivity index (χ3n) is 2.74. The minimum absolute atomic E-state index is 0.121. The predicted octanol–water partition coefficient (Wildman–Crippen LogP) is 1.81. The van der Waals surface area contributed by atoms with E-state index < -0.39 is 5.97 Å². The highest BCUT2D eigenvalue weighted by Gasteiger charge is 2.24. The van der Waals surface area contributed by atoms with E-state index in [9.17, 15) is 4.79 Å². The summed E-state index contributed by atoms with van der Waals surface area (Å²) in [5.41, 5.74) is 0.552. The molecule has 1 aromatic heterocycles. The lowest BCUT2D eigenvalue weighted by atomic mass is 9.94. The van der Waals surface area contributed by atoms with Crippen LogP contribution < -0.4 is 5.32 Å². The van der Waals surface area contributed by atoms with Crippen molar-refractivity contribution in [2.75, 3.05) is 0 Å². The number of nitrogens with one attached hydrogen (secondary N) is 1. The Kier molecular flexibility index (Phi) is 4.43. The lowest BCUT2D eigenvalue weighted by Gasteiger charge is -2.27. The summed E-state index contributed by atoms with van der Waals surface area (Å²) in [5, 5.41) is 12.1. The Morgan fingerprint density at radius 1 is 1.56 bits per heavy atom. The summed E-state index contributed by atoms with van der Waals surface area (Å²) in [4.78, 5) is 14.9. The summed E-state index contributed by atoms with van der Waals surface area (Å²) < 4.78 is 0. The molecule has 1 aromatic rings. The summed E-state index contributed by atoms with van der Waals surface area (Å²) >= 11 is 0. The van der Waals surface area contributed by atoms with Gasteiger partial charge in [0.2, 0.25) is 0 Å². The first-order valence-corrected chi connectivity index (χ1v) is 5.42. The van der Waals surface area contributed by atoms with Crippen LogP contribution in [0.4, 0.5) is 0 Å². The van der Waals surface area contributed by atoms with Crippen LogP contribution in [0.25, 0.3) is 0 Å². The summed E-state index contributed by atoms with van der Waals surface area (Å²) in [6, 6.07) is 5.70. The largest absolute Gasteiger partial charge is 0.481 e. The Balaban J connectivity index is 2.54. The Morgan fingerprint density at radius 3 is 2.81 bits per heavy atom. The first-order chi connectivity index (χ1) is 7.56. The lowest BCUT2D eigenvalue weighted by molar-refractivity contribution is -0.138. The van der Waals surface area contributed by atoms with E-state index in [4.69, 9.17) is 5.11 Å². The molecule has 16 heavy (non-hydrogen) atoms. The summed E-state index contributed by atoms with van der Waals surface area (Å²) in [6.45, 7) is 4.50. The molecule has 4 nitrogen and oxygen atoms in total. The van der Waals surface area contributed by atoms with Gasteiger partial charge in [0, 0.05) is 18.3 Å². The third-order valence-corrected chi connectivity index (χ3v) is 2.74. The van der Waals surface area contributed by atoms with E-state index in [-0.39, 0.29) is 12.0 Å². The van der Waals surface area contributed by atoms with Crippen LogP contribution >= 0.6 is 0 Å². The van der Waals surface area contributed by atoms with E-state index >= 15 is 0 Å². The van der Waals surface area contributed by atoms with Crippen LogP contribution in [0.1, 0.15) is 32.4 Å². The number of carboxylic acid groups (broad SMARTS) is 1. The van der Waals surface area contributed by atoms with Crippen LogP contribution in [0, 0.1) is 0 Å². The number of hydrogen-bond acceptors (Lipinski definition) is 3. The maximum Gasteiger partial charge on any atom is 0.305 e. The van der Waals surface area contributed by atoms with Gasteiger partial charge in [-0.2, -0.15) is 0 Å². The second-order valence-corrected chi connectivity index (χ2v) is 4.16. The zero-order valence-corrected chi connectivity index (χ0v) is 9.73. The fourth-order valence-corrected chi connectivity index (χ4v) is 1.45. The molecule has 0 spiro atoms. The average molecular weight is 222 g/mol. The summed E-state index contributed by atoms with van der Waals surface area (Å²) in [5.74, 6) is -0.780. The number of aromatic nitrogens is 1. The van der Waals surface area contributed by atoms with Crippen molar-refractivity contribution in [3.05, 3.63) is 30.1 Å². The molecule has 0 fully saturated rings. The average Bonchev–Trinajstić information content (AvgIpc) is 2.27. The number of carboxylic acids is 1. The van der Waals surface area contributed by atoms with Gasteiger partial charge in [-0.15, -0.1) is 0 Å². The molecule has 1 rings (SSSR count). The van der Waals surface area contributed by atoms with E-state index in [0.717, 1.165) is 12.1 Å². The second kappa shape index (κ2) is 5.61. The molecule has 1 unspecified atom stereocenters. The van der Waals surface area contributed by atoms with Crippen LogP contribution in [0.3, 0.4) is 0 Å². The van der Waals surface area contributed by atoms with Crippen LogP contribution in [-0.2, 0) is 11.3 Å². The molecule has 0 aliphatic rings. The standard InChI is InChI=1S/C12H18N2O2/c1-3-12(2,8-11(15)16)14-9-10-6-4-5-7-13-10/h4-7,14H,3,8-9H2,1-2H3,(H,15,16). The van der Waals surface area contributed by atoms with Gasteiger partial charge in [0.1, 0.15) is 0 Å². The zero-order valence-electron chi connectivity index (χ0n) is 9.73. The smallest absolute Gasteiger partial charge is 0.305 e. The van der Waals surface area contributed by atoms with Crippen molar-refractivity contribution in [3.8, 4) is 0 Å². The van der Waals surface area contributed by atoms with E-state index in [1.54, 1.807) is 6.20 Å². The molecule has 0 aliphatic heterocycles. The van der Waals surface area contributed by atoms with Gasteiger partial charge in [-0.1, -0.05) is 13.0 Å². The maximum absolute atomic E-state index is 10.7. The third kappa shape index (κ3) is 3.98. The molecule has 0 aliphatic carbocycles. The van der Waals surface area contributed by atoms with Gasteiger partial charge in [0.25, 0.3) is 0 Å². The molecule has 0 amide bonds. The molecule has 88 valence electrons. The zero-order chi connectivity index (χ0) is 12.0. The molecular formula is C12H18N2O2. The highest BCUT2D eigenvalue weighted by molar-refractivity contribution is 5.68. The molecule has 1 atom stereocenters. The molecule has 0 aromatic carbocycles. The van der Waals surface area contributed by atoms with Gasteiger partial charge in [-0.3, -0.25) is 9.78 Å². The van der Waals surface area contributed by atoms with Crippen molar-refractivity contribution in [2.24, 2.45) is 0 Å². The summed E-state index contributed by atoms with van der Waals surface area (Å²) in [6.07, 6.45) is 2.62. The first kappa shape index (κ1) is 12.6. The van der Waals surface area contributed by atoms with E-state index in [1.165, 1.54) is 0 Å². The van der Waals surface area contributed by atoms with E-state index in [1.807, 2.05) is 32.0 Å². The van der Waals surface area contributed by atoms with Gasteiger partial charge >= 0.3 is 5.97 Å². The van der Waals surface area contributed by atoms with Gasteiger partial charge in [-0.25, -0.2) is 0 Å². The van der Waals surface area contributed by atoms with Gasteiger partial charge in [0.05, 0.1) is 12.1 Å². The highest BCUT2D eigenvalue weighted by atomic mass is 16.4. The molecule has 4 heteroatoms. The number of aliphatic carboxylic acids is 1. The van der Waals surface area contributed by atoms with Crippen molar-refractivity contribution in [1.82, 2.24) is 10.3 Å². The highest BCUT2D eigenvalue weighted by Crippen LogP contribution is 2.14. The quantitative estimate of drug-likeness (QED) is 0.770. The maximum atomic E-state index is 10.7. The number of nitrogens with zero attached hydrogens (tertiary/aromatic N) is 1. The Labute approximate surface area is 95.7 Å². The number of hydrogen-bond donors (Lipinski definition) is 2. The van der Waals surface area contributed by atoms with Crippen molar-refractivity contribution in [1.29, 1.82) is 0 Å². The number of carbonyl (C=O) groups is 1. The van der Waals surface area contributed by atoms with Gasteiger partial charge in [-0.05, 0) is 25.5 Å². The molecule has 2 N–H and O–H groups in total. The van der Waals surface area contributed by atoms with Crippen LogP contribution in [0.15, 0.2) is 24.4 Å². The molecule has 0 saturated carbocycles. The fourth-order valence-electron chi connectivity index (χ4n) is 1.45. The summed E-state index contributed by atoms with van der Waals surface area (Å²) in [7, 11) is 0. The Bertz CT molecular complexity index is 340. The number of pyridine rings is 1. The molecule has 0 bridgehead atoms. The first-order valence-electron chi connectivity index (χ1n) is 5.42. The van der Waals surface area contributed by atoms with E-state index in [0.29, 0.717) is 6.54 Å². The molecule has 1 heterocycles. The van der Waals surface area contributed by atoms with Gasteiger partial charge < -0.3 is 10.4 Å². The normalized spacial score (nSPS) is 14.4. The van der Waals surface area contributed by atoms with Crippen molar-refractivity contribution >= 4 is 5.97 Å².